The molecular formula is C27H27I. The van der Waals surface area contributed by atoms with Crippen LogP contribution in [0.3, 0.4) is 0 Å². The number of benzene rings is 3. The van der Waals surface area contributed by atoms with Gasteiger partial charge in [-0.1, -0.05) is 94.5 Å². The van der Waals surface area contributed by atoms with Crippen LogP contribution in [0.2, 0.25) is 0 Å². The number of allylic oxidation sites excluding steroid dienone is 4. The van der Waals surface area contributed by atoms with Crippen LogP contribution >= 0.6 is 22.6 Å². The second kappa shape index (κ2) is 7.51. The van der Waals surface area contributed by atoms with Crippen LogP contribution in [-0.4, -0.2) is 0 Å². The van der Waals surface area contributed by atoms with Gasteiger partial charge >= 0.3 is 0 Å². The molecule has 0 amide bonds. The molecule has 3 aromatic carbocycles. The van der Waals surface area contributed by atoms with Crippen molar-refractivity contribution in [3.8, 4) is 0 Å². The van der Waals surface area contributed by atoms with Gasteiger partial charge in [-0.05, 0) is 85.0 Å². The molecular weight excluding hydrogens is 451 g/mol. The summed E-state index contributed by atoms with van der Waals surface area (Å²) in [5, 5.41) is 2.62. The molecule has 0 nitrogen and oxygen atoms in total. The van der Waals surface area contributed by atoms with Crippen molar-refractivity contribution < 1.29 is 0 Å². The molecule has 0 radical (unpaired) electrons. The molecule has 1 aliphatic rings. The van der Waals surface area contributed by atoms with Crippen LogP contribution in [0.4, 0.5) is 0 Å². The maximum absolute atomic E-state index is 2.47. The molecule has 0 aromatic heterocycles. The third kappa shape index (κ3) is 3.45. The largest absolute Gasteiger partial charge is 0.0767 e. The molecule has 0 saturated carbocycles. The Kier molecular flexibility index (Phi) is 5.22. The normalized spacial score (nSPS) is 24.4. The minimum Gasteiger partial charge on any atom is -0.0767 e. The topological polar surface area (TPSA) is 0 Å². The Hall–Kier alpha value is -1.87. The zero-order chi connectivity index (χ0) is 19.9. The standard InChI is InChI=1S/C27H27I/c1-18-12-13-21(25-11-7-9-20-8-5-6-10-24(20)25)16-19(2)27(3,4)26-17-22(28)14-15-23(18)26/h5-19H,1-4H3/b13-12-,21-16+. The molecule has 0 heterocycles. The average molecular weight is 478 g/mol. The minimum absolute atomic E-state index is 0.0621. The van der Waals surface area contributed by atoms with Crippen molar-refractivity contribution in [2.75, 3.05) is 0 Å². The quantitative estimate of drug-likeness (QED) is 0.310. The molecule has 1 heteroatoms. The lowest BCUT2D eigenvalue weighted by Gasteiger charge is -2.34. The molecule has 0 N–H and O–H groups in total. The highest BCUT2D eigenvalue weighted by Gasteiger charge is 2.31. The first kappa shape index (κ1) is 19.4. The van der Waals surface area contributed by atoms with E-state index in [1.165, 1.54) is 36.6 Å². The van der Waals surface area contributed by atoms with Crippen LogP contribution in [0.15, 0.2) is 78.9 Å². The van der Waals surface area contributed by atoms with E-state index in [4.69, 9.17) is 0 Å². The number of halogens is 1. The Balaban J connectivity index is 1.92. The highest BCUT2D eigenvalue weighted by Crippen LogP contribution is 2.41. The van der Waals surface area contributed by atoms with Crippen LogP contribution in [-0.2, 0) is 5.41 Å². The van der Waals surface area contributed by atoms with Gasteiger partial charge in [0.1, 0.15) is 0 Å². The molecule has 0 spiro atoms. The summed E-state index contributed by atoms with van der Waals surface area (Å²) in [7, 11) is 0. The highest BCUT2D eigenvalue weighted by atomic mass is 127. The fourth-order valence-electron chi connectivity index (χ4n) is 4.27. The zero-order valence-corrected chi connectivity index (χ0v) is 19.2. The van der Waals surface area contributed by atoms with E-state index >= 15 is 0 Å². The van der Waals surface area contributed by atoms with E-state index < -0.39 is 0 Å². The van der Waals surface area contributed by atoms with Gasteiger partial charge in [0.25, 0.3) is 0 Å². The third-order valence-corrected chi connectivity index (χ3v) is 7.10. The van der Waals surface area contributed by atoms with E-state index in [1.807, 2.05) is 0 Å². The predicted molar refractivity (Wildman–Crippen MR) is 131 cm³/mol. The molecule has 0 fully saturated rings. The zero-order valence-electron chi connectivity index (χ0n) is 17.0. The van der Waals surface area contributed by atoms with Crippen LogP contribution in [0, 0.1) is 9.49 Å². The first-order valence-corrected chi connectivity index (χ1v) is 11.1. The fourth-order valence-corrected chi connectivity index (χ4v) is 4.76. The second-order valence-corrected chi connectivity index (χ2v) is 9.78. The molecule has 4 rings (SSSR count). The molecule has 3 aromatic rings. The van der Waals surface area contributed by atoms with E-state index in [-0.39, 0.29) is 5.41 Å². The Morgan fingerprint density at radius 2 is 1.64 bits per heavy atom. The lowest BCUT2D eigenvalue weighted by atomic mass is 9.71. The lowest BCUT2D eigenvalue weighted by Crippen LogP contribution is -2.27. The minimum atomic E-state index is 0.0621. The second-order valence-electron chi connectivity index (χ2n) is 8.54. The van der Waals surface area contributed by atoms with Crippen molar-refractivity contribution in [2.45, 2.75) is 39.0 Å². The van der Waals surface area contributed by atoms with Gasteiger partial charge in [0.05, 0.1) is 0 Å². The number of hydrogen-bond acceptors (Lipinski definition) is 0. The van der Waals surface area contributed by atoms with Crippen molar-refractivity contribution in [1.82, 2.24) is 0 Å². The monoisotopic (exact) mass is 478 g/mol. The Bertz CT molecular complexity index is 1080. The maximum Gasteiger partial charge on any atom is 0.0133 e. The van der Waals surface area contributed by atoms with Gasteiger partial charge in [0.2, 0.25) is 0 Å². The summed E-state index contributed by atoms with van der Waals surface area (Å²) < 4.78 is 1.31. The van der Waals surface area contributed by atoms with Crippen molar-refractivity contribution in [1.29, 1.82) is 0 Å². The summed E-state index contributed by atoms with van der Waals surface area (Å²) in [6, 6.07) is 22.3. The predicted octanol–water partition coefficient (Wildman–Crippen LogP) is 8.12. The van der Waals surface area contributed by atoms with Gasteiger partial charge in [-0.2, -0.15) is 0 Å². The summed E-state index contributed by atoms with van der Waals surface area (Å²) in [6.07, 6.45) is 7.18. The maximum atomic E-state index is 2.47. The molecule has 142 valence electrons. The summed E-state index contributed by atoms with van der Waals surface area (Å²) in [6.45, 7) is 9.46. The van der Waals surface area contributed by atoms with Gasteiger partial charge in [-0.25, -0.2) is 0 Å². The van der Waals surface area contributed by atoms with Gasteiger partial charge in [-0.3, -0.25) is 0 Å². The van der Waals surface area contributed by atoms with Crippen molar-refractivity contribution >= 4 is 38.9 Å². The van der Waals surface area contributed by atoms with Crippen LogP contribution in [0.1, 0.15) is 50.3 Å². The SMILES string of the molecule is CC1/C=C\C(c2cccc3ccccc23)=C/C(C)C(C)(C)c2cc(I)ccc21. The van der Waals surface area contributed by atoms with Crippen molar-refractivity contribution in [2.24, 2.45) is 5.92 Å². The van der Waals surface area contributed by atoms with E-state index in [0.29, 0.717) is 11.8 Å². The molecule has 1 aliphatic carbocycles. The summed E-state index contributed by atoms with van der Waals surface area (Å²) in [5.74, 6) is 0.795. The summed E-state index contributed by atoms with van der Waals surface area (Å²) >= 11 is 2.44. The Morgan fingerprint density at radius 3 is 2.46 bits per heavy atom. The first-order chi connectivity index (χ1) is 13.4. The first-order valence-electron chi connectivity index (χ1n) is 10.1. The summed E-state index contributed by atoms with van der Waals surface area (Å²) in [4.78, 5) is 0. The van der Waals surface area contributed by atoms with Gasteiger partial charge < -0.3 is 0 Å². The van der Waals surface area contributed by atoms with E-state index in [2.05, 4.69) is 129 Å². The smallest absolute Gasteiger partial charge is 0.0133 e. The van der Waals surface area contributed by atoms with Crippen LogP contribution in [0.5, 0.6) is 0 Å². The molecule has 0 bridgehead atoms. The highest BCUT2D eigenvalue weighted by molar-refractivity contribution is 14.1. The Labute approximate surface area is 182 Å². The molecule has 0 saturated heterocycles. The number of hydrogen-bond donors (Lipinski definition) is 0. The fraction of sp³-hybridized carbons (Fsp3) is 0.259. The van der Waals surface area contributed by atoms with Crippen molar-refractivity contribution in [3.05, 3.63) is 99.2 Å². The van der Waals surface area contributed by atoms with Gasteiger partial charge in [0.15, 0.2) is 0 Å². The van der Waals surface area contributed by atoms with E-state index in [0.717, 1.165) is 0 Å². The average Bonchev–Trinajstić information content (AvgIpc) is 2.72. The van der Waals surface area contributed by atoms with E-state index in [1.54, 1.807) is 0 Å². The molecule has 0 aliphatic heterocycles. The molecule has 2 unspecified atom stereocenters. The third-order valence-electron chi connectivity index (χ3n) is 6.43. The molecule has 2 atom stereocenters. The van der Waals surface area contributed by atoms with E-state index in [9.17, 15) is 0 Å². The van der Waals surface area contributed by atoms with Crippen LogP contribution < -0.4 is 0 Å². The van der Waals surface area contributed by atoms with Crippen molar-refractivity contribution in [3.63, 3.8) is 0 Å². The van der Waals surface area contributed by atoms with Gasteiger partial charge in [-0.15, -0.1) is 0 Å². The van der Waals surface area contributed by atoms with Crippen LogP contribution in [0.25, 0.3) is 16.3 Å². The van der Waals surface area contributed by atoms with Gasteiger partial charge in [0, 0.05) is 3.57 Å². The Morgan fingerprint density at radius 1 is 0.893 bits per heavy atom. The lowest BCUT2D eigenvalue weighted by molar-refractivity contribution is 0.406. The summed E-state index contributed by atoms with van der Waals surface area (Å²) in [5.41, 5.74) is 5.63. The number of fused-ring (bicyclic) bond motifs is 2. The number of rotatable bonds is 1. The molecule has 28 heavy (non-hydrogen) atoms.